The highest BCUT2D eigenvalue weighted by molar-refractivity contribution is 7.92. The second-order valence-electron chi connectivity index (χ2n) is 7.84. The molecule has 1 aliphatic heterocycles. The molecular weight excluding hydrogens is 503 g/mol. The van der Waals surface area contributed by atoms with Crippen molar-refractivity contribution in [2.75, 3.05) is 18.0 Å². The quantitative estimate of drug-likeness (QED) is 0.494. The summed E-state index contributed by atoms with van der Waals surface area (Å²) in [7, 11) is -3.08. The van der Waals surface area contributed by atoms with E-state index in [1.807, 2.05) is 0 Å². The lowest BCUT2D eigenvalue weighted by molar-refractivity contribution is -0.138. The van der Waals surface area contributed by atoms with Crippen LogP contribution in [0.25, 0.3) is 11.4 Å². The number of halogens is 3. The van der Waals surface area contributed by atoms with Crippen LogP contribution >= 0.6 is 0 Å². The number of carboxylic acids is 1. The number of carboxylic acid groups (broad SMARTS) is 1. The Morgan fingerprint density at radius 3 is 2.69 bits per heavy atom. The van der Waals surface area contributed by atoms with Crippen molar-refractivity contribution in [2.24, 2.45) is 0 Å². The fourth-order valence-electron chi connectivity index (χ4n) is 3.67. The Bertz CT molecular complexity index is 1400. The molecule has 9 nitrogen and oxygen atoms in total. The zero-order chi connectivity index (χ0) is 26.1. The molecule has 190 valence electrons. The Labute approximate surface area is 204 Å². The molecule has 13 heteroatoms. The summed E-state index contributed by atoms with van der Waals surface area (Å²) in [4.78, 5) is 18.9. The smallest absolute Gasteiger partial charge is 0.416 e. The molecule has 0 amide bonds. The summed E-state index contributed by atoms with van der Waals surface area (Å²) in [5.41, 5.74) is -0.648. The molecule has 1 N–H and O–H groups in total. The monoisotopic (exact) mass is 523 g/mol. The molecule has 2 heterocycles. The molecule has 1 aliphatic rings. The van der Waals surface area contributed by atoms with E-state index in [0.29, 0.717) is 11.6 Å². The van der Waals surface area contributed by atoms with E-state index in [-0.39, 0.29) is 42.5 Å². The summed E-state index contributed by atoms with van der Waals surface area (Å²) in [5, 5.41) is 9.04. The molecule has 0 bridgehead atoms. The van der Waals surface area contributed by atoms with Crippen molar-refractivity contribution >= 4 is 21.7 Å². The van der Waals surface area contributed by atoms with Gasteiger partial charge in [0.2, 0.25) is 5.88 Å². The Balaban J connectivity index is 1.81. The third-order valence-corrected chi connectivity index (χ3v) is 7.19. The van der Waals surface area contributed by atoms with E-state index in [4.69, 9.17) is 14.6 Å². The lowest BCUT2D eigenvalue weighted by Gasteiger charge is -2.35. The maximum Gasteiger partial charge on any atom is 0.416 e. The maximum absolute atomic E-state index is 13.6. The van der Waals surface area contributed by atoms with Crippen LogP contribution in [0.3, 0.4) is 0 Å². The van der Waals surface area contributed by atoms with Crippen LogP contribution in [-0.4, -0.2) is 49.2 Å². The zero-order valence-corrected chi connectivity index (χ0v) is 19.6. The number of hydrogen-bond acceptors (Lipinski definition) is 7. The van der Waals surface area contributed by atoms with Crippen molar-refractivity contribution in [3.8, 4) is 23.0 Å². The summed E-state index contributed by atoms with van der Waals surface area (Å²) >= 11 is 0. The fraction of sp³-hybridized carbons (Fsp3) is 0.261. The van der Waals surface area contributed by atoms with Gasteiger partial charge in [0.05, 0.1) is 29.8 Å². The number of hydrogen-bond donors (Lipinski definition) is 1. The fourth-order valence-corrected chi connectivity index (χ4v) is 5.21. The van der Waals surface area contributed by atoms with E-state index in [9.17, 15) is 26.4 Å². The predicted octanol–water partition coefficient (Wildman–Crippen LogP) is 3.99. The summed E-state index contributed by atoms with van der Waals surface area (Å²) in [5.74, 6) is -0.473. The van der Waals surface area contributed by atoms with Gasteiger partial charge in [-0.3, -0.25) is 9.10 Å². The molecular formula is C23H20F3N3O6S. The Kier molecular flexibility index (Phi) is 6.76. The van der Waals surface area contributed by atoms with Crippen LogP contribution in [0.15, 0.2) is 59.6 Å². The van der Waals surface area contributed by atoms with Crippen molar-refractivity contribution in [3.05, 3.63) is 60.3 Å². The van der Waals surface area contributed by atoms with Crippen molar-refractivity contribution in [2.45, 2.75) is 30.0 Å². The van der Waals surface area contributed by atoms with Gasteiger partial charge >= 0.3 is 12.1 Å². The van der Waals surface area contributed by atoms with E-state index in [0.717, 1.165) is 22.5 Å². The van der Waals surface area contributed by atoms with Crippen LogP contribution in [-0.2, 0) is 21.0 Å². The molecule has 3 aromatic rings. The number of nitrogens with zero attached hydrogens (tertiary/aromatic N) is 3. The minimum Gasteiger partial charge on any atom is -0.486 e. The second kappa shape index (κ2) is 9.64. The maximum atomic E-state index is 13.6. The largest absolute Gasteiger partial charge is 0.486 e. The number of carbonyl (C=O) groups is 1. The minimum absolute atomic E-state index is 0.00979. The Hall–Kier alpha value is -3.87. The molecule has 36 heavy (non-hydrogen) atoms. The summed E-state index contributed by atoms with van der Waals surface area (Å²) in [6, 6.07) is 9.47. The molecule has 1 unspecified atom stereocenters. The first kappa shape index (κ1) is 25.2. The van der Waals surface area contributed by atoms with Crippen molar-refractivity contribution in [3.63, 3.8) is 0 Å². The SMILES string of the molecule is COc1ccnc(-c2ccc3c(c2)N(S(=O)(=O)c2cccc(C(F)(F)F)c2)CC(CCC(=O)O)O3)n1. The number of anilines is 1. The van der Waals surface area contributed by atoms with Gasteiger partial charge in [-0.05, 0) is 42.8 Å². The Morgan fingerprint density at radius 1 is 1.22 bits per heavy atom. The number of aliphatic carboxylic acids is 1. The van der Waals surface area contributed by atoms with E-state index in [1.54, 1.807) is 6.07 Å². The molecule has 0 fully saturated rings. The van der Waals surface area contributed by atoms with Gasteiger partial charge in [0.1, 0.15) is 11.9 Å². The first-order valence-corrected chi connectivity index (χ1v) is 12.0. The Morgan fingerprint density at radius 2 is 2.00 bits per heavy atom. The van der Waals surface area contributed by atoms with Gasteiger partial charge in [-0.1, -0.05) is 6.07 Å². The first-order chi connectivity index (χ1) is 17.0. The lowest BCUT2D eigenvalue weighted by atomic mass is 10.1. The van der Waals surface area contributed by atoms with Gasteiger partial charge < -0.3 is 14.6 Å². The van der Waals surface area contributed by atoms with E-state index in [2.05, 4.69) is 9.97 Å². The second-order valence-corrected chi connectivity index (χ2v) is 9.70. The summed E-state index contributed by atoms with van der Waals surface area (Å²) < 4.78 is 78.9. The number of benzene rings is 2. The standard InChI is InChI=1S/C23H20F3N3O6S/c1-34-20-9-10-27-22(28-20)14-5-7-19-18(11-14)29(13-16(35-19)6-8-21(30)31)36(32,33)17-4-2-3-15(12-17)23(24,25)26/h2-5,7,9-12,16H,6,8,13H2,1H3,(H,30,31). The van der Waals surface area contributed by atoms with Crippen molar-refractivity contribution in [1.82, 2.24) is 9.97 Å². The highest BCUT2D eigenvalue weighted by atomic mass is 32.2. The number of methoxy groups -OCH3 is 1. The van der Waals surface area contributed by atoms with Gasteiger partial charge in [0.25, 0.3) is 10.0 Å². The third kappa shape index (κ3) is 5.20. The molecule has 0 saturated carbocycles. The molecule has 2 aromatic carbocycles. The summed E-state index contributed by atoms with van der Waals surface area (Å²) in [6.45, 7) is -0.304. The molecule has 0 radical (unpaired) electrons. The zero-order valence-electron chi connectivity index (χ0n) is 18.8. The molecule has 1 aromatic heterocycles. The van der Waals surface area contributed by atoms with E-state index >= 15 is 0 Å². The highest BCUT2D eigenvalue weighted by Crippen LogP contribution is 2.41. The molecule has 1 atom stereocenters. The van der Waals surface area contributed by atoms with Gasteiger partial charge in [0.15, 0.2) is 5.82 Å². The predicted molar refractivity (Wildman–Crippen MR) is 121 cm³/mol. The lowest BCUT2D eigenvalue weighted by Crippen LogP contribution is -2.43. The van der Waals surface area contributed by atoms with Gasteiger partial charge in [0, 0.05) is 24.2 Å². The van der Waals surface area contributed by atoms with Crippen molar-refractivity contribution < 1.29 is 41.0 Å². The van der Waals surface area contributed by atoms with Crippen LogP contribution in [0.4, 0.5) is 18.9 Å². The average Bonchev–Trinajstić information content (AvgIpc) is 2.86. The number of aromatic nitrogens is 2. The van der Waals surface area contributed by atoms with Crippen LogP contribution in [0.5, 0.6) is 11.6 Å². The number of fused-ring (bicyclic) bond motifs is 1. The third-order valence-electron chi connectivity index (χ3n) is 5.42. The van der Waals surface area contributed by atoms with Crippen LogP contribution in [0.2, 0.25) is 0 Å². The number of ether oxygens (including phenoxy) is 2. The van der Waals surface area contributed by atoms with Crippen LogP contribution in [0, 0.1) is 0 Å². The van der Waals surface area contributed by atoms with Crippen LogP contribution in [0.1, 0.15) is 18.4 Å². The van der Waals surface area contributed by atoms with Crippen LogP contribution < -0.4 is 13.8 Å². The van der Waals surface area contributed by atoms with Gasteiger partial charge in [-0.15, -0.1) is 0 Å². The minimum atomic E-state index is -4.74. The number of sulfonamides is 1. The molecule has 0 aliphatic carbocycles. The van der Waals surface area contributed by atoms with E-state index < -0.39 is 38.7 Å². The van der Waals surface area contributed by atoms with Gasteiger partial charge in [-0.25, -0.2) is 13.4 Å². The number of alkyl halides is 3. The molecule has 0 saturated heterocycles. The highest BCUT2D eigenvalue weighted by Gasteiger charge is 2.37. The topological polar surface area (TPSA) is 119 Å². The normalized spacial score (nSPS) is 15.7. The van der Waals surface area contributed by atoms with Gasteiger partial charge in [-0.2, -0.15) is 18.2 Å². The average molecular weight is 523 g/mol. The molecule has 0 spiro atoms. The number of rotatable bonds is 7. The first-order valence-electron chi connectivity index (χ1n) is 10.6. The summed E-state index contributed by atoms with van der Waals surface area (Å²) in [6.07, 6.45) is -4.42. The van der Waals surface area contributed by atoms with Crippen molar-refractivity contribution in [1.29, 1.82) is 0 Å². The van der Waals surface area contributed by atoms with E-state index in [1.165, 1.54) is 31.5 Å². The molecule has 4 rings (SSSR count).